The zero-order valence-corrected chi connectivity index (χ0v) is 17.1. The summed E-state index contributed by atoms with van der Waals surface area (Å²) in [6, 6.07) is 0. The summed E-state index contributed by atoms with van der Waals surface area (Å²) in [7, 11) is 0. The van der Waals surface area contributed by atoms with Gasteiger partial charge in [0.05, 0.1) is 17.8 Å². The number of aliphatic hydroxyl groups is 3. The summed E-state index contributed by atoms with van der Waals surface area (Å²) in [6.45, 7) is 4.69. The molecule has 9 atom stereocenters. The maximum absolute atomic E-state index is 12.1. The zero-order valence-electron chi connectivity index (χ0n) is 17.1. The smallest absolute Gasteiger partial charge is 0.331 e. The van der Waals surface area contributed by atoms with E-state index in [1.165, 1.54) is 0 Å². The Kier molecular flexibility index (Phi) is 4.12. The predicted octanol–water partition coefficient (Wildman–Crippen LogP) is 2.58. The Hall–Kier alpha value is -0.910. The number of hydrogen-bond donors (Lipinski definition) is 3. The molecule has 0 spiro atoms. The van der Waals surface area contributed by atoms with Crippen molar-refractivity contribution in [3.05, 3.63) is 11.6 Å². The van der Waals surface area contributed by atoms with E-state index in [-0.39, 0.29) is 29.3 Å². The molecule has 1 heterocycles. The van der Waals surface area contributed by atoms with Crippen molar-refractivity contribution in [1.82, 2.24) is 0 Å². The highest BCUT2D eigenvalue weighted by atomic mass is 16.5. The first-order valence-corrected chi connectivity index (χ1v) is 11.2. The van der Waals surface area contributed by atoms with Crippen LogP contribution < -0.4 is 0 Å². The van der Waals surface area contributed by atoms with E-state index in [0.717, 1.165) is 44.1 Å². The molecule has 156 valence electrons. The number of ether oxygens (including phenoxy) is 1. The van der Waals surface area contributed by atoms with Gasteiger partial charge in [-0.05, 0) is 86.0 Å². The number of carbonyl (C=O) groups is 1. The fourth-order valence-corrected chi connectivity index (χ4v) is 8.37. The molecule has 4 fully saturated rings. The highest BCUT2D eigenvalue weighted by Gasteiger charge is 2.70. The lowest BCUT2D eigenvalue weighted by molar-refractivity contribution is -0.244. The van der Waals surface area contributed by atoms with Crippen LogP contribution in [0.5, 0.6) is 0 Å². The van der Waals surface area contributed by atoms with Gasteiger partial charge in [0.15, 0.2) is 0 Å². The summed E-state index contributed by atoms with van der Waals surface area (Å²) in [5, 5.41) is 33.7. The number of esters is 1. The second kappa shape index (κ2) is 6.05. The number of hydrogen-bond acceptors (Lipinski definition) is 5. The van der Waals surface area contributed by atoms with Crippen LogP contribution in [0.15, 0.2) is 11.6 Å². The van der Waals surface area contributed by atoms with Gasteiger partial charge in [-0.15, -0.1) is 0 Å². The molecule has 0 aromatic carbocycles. The standard InChI is InChI=1S/C23H34O5/c1-21-7-5-15(24)10-14(21)3-4-17-18(21)11-19(25)22(2)16(6-8-23(17,22)27)13-9-20(26)28-12-13/h9,14-19,24-25,27H,3-8,10-12H2,1-2H3/t14-,15-,16+,17+,18+,19+,21-,22-,23-/m0/s1. The average molecular weight is 391 g/mol. The Bertz CT molecular complexity index is 718. The molecule has 3 N–H and O–H groups in total. The average Bonchev–Trinajstić information content (AvgIpc) is 3.19. The lowest BCUT2D eigenvalue weighted by Gasteiger charge is -2.64. The van der Waals surface area contributed by atoms with E-state index in [4.69, 9.17) is 4.74 Å². The fourth-order valence-electron chi connectivity index (χ4n) is 8.37. The van der Waals surface area contributed by atoms with Crippen LogP contribution in [0, 0.1) is 34.5 Å². The Morgan fingerprint density at radius 1 is 1.04 bits per heavy atom. The molecular weight excluding hydrogens is 356 g/mol. The summed E-state index contributed by atoms with van der Waals surface area (Å²) < 4.78 is 5.16. The minimum atomic E-state index is -0.906. The Balaban J connectivity index is 1.51. The predicted molar refractivity (Wildman–Crippen MR) is 103 cm³/mol. The summed E-state index contributed by atoms with van der Waals surface area (Å²) >= 11 is 0. The Labute approximate surface area is 167 Å². The van der Waals surface area contributed by atoms with E-state index in [2.05, 4.69) is 6.92 Å². The van der Waals surface area contributed by atoms with Crippen molar-refractivity contribution >= 4 is 5.97 Å². The van der Waals surface area contributed by atoms with Gasteiger partial charge in [-0.2, -0.15) is 0 Å². The number of fused-ring (bicyclic) bond motifs is 5. The first-order valence-electron chi connectivity index (χ1n) is 11.2. The highest BCUT2D eigenvalue weighted by Crippen LogP contribution is 2.69. The van der Waals surface area contributed by atoms with Gasteiger partial charge in [0.1, 0.15) is 6.61 Å². The van der Waals surface area contributed by atoms with Crippen molar-refractivity contribution in [3.8, 4) is 0 Å². The van der Waals surface area contributed by atoms with Crippen molar-refractivity contribution < 1.29 is 24.9 Å². The van der Waals surface area contributed by atoms with Crippen molar-refractivity contribution in [2.24, 2.45) is 34.5 Å². The van der Waals surface area contributed by atoms with Crippen LogP contribution in [-0.2, 0) is 9.53 Å². The van der Waals surface area contributed by atoms with E-state index in [1.807, 2.05) is 6.92 Å². The van der Waals surface area contributed by atoms with E-state index >= 15 is 0 Å². The monoisotopic (exact) mass is 390 g/mol. The van der Waals surface area contributed by atoms with Gasteiger partial charge in [-0.3, -0.25) is 0 Å². The molecule has 5 aliphatic rings. The van der Waals surface area contributed by atoms with Gasteiger partial charge >= 0.3 is 5.97 Å². The van der Waals surface area contributed by atoms with Gasteiger partial charge in [0.2, 0.25) is 0 Å². The highest BCUT2D eigenvalue weighted by molar-refractivity contribution is 5.85. The molecule has 5 rings (SSSR count). The number of cyclic esters (lactones) is 1. The molecular formula is C23H34O5. The molecule has 0 unspecified atom stereocenters. The molecule has 0 bridgehead atoms. The number of rotatable bonds is 1. The van der Waals surface area contributed by atoms with Crippen LogP contribution in [0.2, 0.25) is 0 Å². The lowest BCUT2D eigenvalue weighted by Crippen LogP contribution is -2.67. The molecule has 0 aromatic rings. The summed E-state index contributed by atoms with van der Waals surface area (Å²) in [4.78, 5) is 11.6. The van der Waals surface area contributed by atoms with Crippen LogP contribution in [0.25, 0.3) is 0 Å². The number of carbonyl (C=O) groups excluding carboxylic acids is 1. The maximum atomic E-state index is 12.1. The Morgan fingerprint density at radius 2 is 1.82 bits per heavy atom. The van der Waals surface area contributed by atoms with Crippen molar-refractivity contribution in [3.63, 3.8) is 0 Å². The minimum absolute atomic E-state index is 0.00129. The van der Waals surface area contributed by atoms with E-state index in [9.17, 15) is 20.1 Å². The van der Waals surface area contributed by atoms with Crippen LogP contribution in [0.4, 0.5) is 0 Å². The zero-order chi connectivity index (χ0) is 19.9. The van der Waals surface area contributed by atoms with Crippen molar-refractivity contribution in [1.29, 1.82) is 0 Å². The lowest BCUT2D eigenvalue weighted by atomic mass is 9.42. The fraction of sp³-hybridized carbons (Fsp3) is 0.870. The second-order valence-electron chi connectivity index (χ2n) is 10.8. The SMILES string of the molecule is C[C@]12CC[C@H](O)C[C@@H]1CC[C@@H]1[C@H]2C[C@@H](O)[C@]2(C)[C@@H](C3=CC(=O)OC3)CC[C@]12O. The first-order chi connectivity index (χ1) is 13.2. The molecule has 0 saturated heterocycles. The normalized spacial score (nSPS) is 55.8. The van der Waals surface area contributed by atoms with E-state index in [1.54, 1.807) is 6.08 Å². The molecule has 4 aliphatic carbocycles. The molecule has 28 heavy (non-hydrogen) atoms. The van der Waals surface area contributed by atoms with Crippen LogP contribution in [-0.4, -0.2) is 45.7 Å². The van der Waals surface area contributed by atoms with Crippen LogP contribution in [0.1, 0.15) is 65.2 Å². The molecule has 4 saturated carbocycles. The van der Waals surface area contributed by atoms with Gasteiger partial charge in [0.25, 0.3) is 0 Å². The van der Waals surface area contributed by atoms with Gasteiger partial charge in [-0.1, -0.05) is 13.8 Å². The molecule has 0 amide bonds. The van der Waals surface area contributed by atoms with Crippen molar-refractivity contribution in [2.75, 3.05) is 6.61 Å². The summed E-state index contributed by atoms with van der Waals surface area (Å²) in [5.74, 6) is 0.657. The molecule has 5 heteroatoms. The molecule has 0 radical (unpaired) electrons. The third-order valence-corrected chi connectivity index (χ3v) is 10.0. The van der Waals surface area contributed by atoms with Crippen LogP contribution >= 0.6 is 0 Å². The first kappa shape index (κ1) is 19.1. The largest absolute Gasteiger partial charge is 0.458 e. The Morgan fingerprint density at radius 3 is 2.54 bits per heavy atom. The maximum Gasteiger partial charge on any atom is 0.331 e. The minimum Gasteiger partial charge on any atom is -0.458 e. The van der Waals surface area contributed by atoms with E-state index < -0.39 is 17.1 Å². The topological polar surface area (TPSA) is 87.0 Å². The second-order valence-corrected chi connectivity index (χ2v) is 10.8. The molecule has 1 aliphatic heterocycles. The molecule has 5 nitrogen and oxygen atoms in total. The van der Waals surface area contributed by atoms with Crippen LogP contribution in [0.3, 0.4) is 0 Å². The van der Waals surface area contributed by atoms with E-state index in [0.29, 0.717) is 31.3 Å². The third kappa shape index (κ3) is 2.27. The summed E-state index contributed by atoms with van der Waals surface area (Å²) in [6.07, 6.45) is 7.69. The van der Waals surface area contributed by atoms with Gasteiger partial charge in [0, 0.05) is 11.5 Å². The third-order valence-electron chi connectivity index (χ3n) is 10.0. The number of aliphatic hydroxyl groups excluding tert-OH is 2. The van der Waals surface area contributed by atoms with Gasteiger partial charge in [-0.25, -0.2) is 4.79 Å². The van der Waals surface area contributed by atoms with Crippen molar-refractivity contribution in [2.45, 2.75) is 83.0 Å². The molecule has 0 aromatic heterocycles. The van der Waals surface area contributed by atoms with Gasteiger partial charge < -0.3 is 20.1 Å². The quantitative estimate of drug-likeness (QED) is 0.599. The summed E-state index contributed by atoms with van der Waals surface area (Å²) in [5.41, 5.74) is -0.507.